The first-order valence-corrected chi connectivity index (χ1v) is 4.22. The van der Waals surface area contributed by atoms with Crippen molar-refractivity contribution in [1.82, 2.24) is 0 Å². The van der Waals surface area contributed by atoms with Gasteiger partial charge in [0, 0.05) is 5.92 Å². The van der Waals surface area contributed by atoms with Crippen LogP contribution in [0.25, 0.3) is 0 Å². The minimum Gasteiger partial charge on any atom is -0.393 e. The van der Waals surface area contributed by atoms with Gasteiger partial charge in [-0.2, -0.15) is 0 Å². The number of fused-ring (bicyclic) bond motifs is 1. The SMILES string of the molecule is O[C@@H]1CC[C@@H]2CCC=C[C@H]21. The number of hydrogen-bond acceptors (Lipinski definition) is 1. The molecule has 0 heterocycles. The van der Waals surface area contributed by atoms with Crippen molar-refractivity contribution in [3.8, 4) is 0 Å². The van der Waals surface area contributed by atoms with Crippen LogP contribution in [0.5, 0.6) is 0 Å². The maximum atomic E-state index is 9.47. The van der Waals surface area contributed by atoms with E-state index >= 15 is 0 Å². The molecule has 1 heteroatoms. The van der Waals surface area contributed by atoms with Gasteiger partial charge in [0.25, 0.3) is 0 Å². The molecule has 2 aliphatic rings. The number of aliphatic hydroxyl groups excluding tert-OH is 1. The summed E-state index contributed by atoms with van der Waals surface area (Å²) in [5, 5.41) is 9.47. The first-order chi connectivity index (χ1) is 4.88. The van der Waals surface area contributed by atoms with Crippen molar-refractivity contribution < 1.29 is 5.11 Å². The average Bonchev–Trinajstić information content (AvgIpc) is 2.34. The van der Waals surface area contributed by atoms with Gasteiger partial charge in [0.15, 0.2) is 0 Å². The predicted octanol–water partition coefficient (Wildman–Crippen LogP) is 1.72. The van der Waals surface area contributed by atoms with Crippen LogP contribution in [0, 0.1) is 11.8 Å². The average molecular weight is 138 g/mol. The number of allylic oxidation sites excluding steroid dienone is 1. The van der Waals surface area contributed by atoms with Gasteiger partial charge in [0.2, 0.25) is 0 Å². The van der Waals surface area contributed by atoms with Crippen molar-refractivity contribution in [3.05, 3.63) is 12.2 Å². The minimum atomic E-state index is -0.0263. The Labute approximate surface area is 61.8 Å². The van der Waals surface area contributed by atoms with Crippen LogP contribution in [0.3, 0.4) is 0 Å². The maximum Gasteiger partial charge on any atom is 0.0605 e. The third kappa shape index (κ3) is 0.891. The molecule has 0 amide bonds. The number of hydrogen-bond donors (Lipinski definition) is 1. The van der Waals surface area contributed by atoms with Gasteiger partial charge in [-0.1, -0.05) is 12.2 Å². The second-order valence-electron chi connectivity index (χ2n) is 3.49. The van der Waals surface area contributed by atoms with E-state index in [-0.39, 0.29) is 6.10 Å². The number of aliphatic hydroxyl groups is 1. The second kappa shape index (κ2) is 2.39. The first kappa shape index (κ1) is 6.41. The van der Waals surface area contributed by atoms with Crippen LogP contribution in [0.4, 0.5) is 0 Å². The van der Waals surface area contributed by atoms with Crippen LogP contribution in [0.15, 0.2) is 12.2 Å². The molecule has 1 N–H and O–H groups in total. The Morgan fingerprint density at radius 1 is 1.20 bits per heavy atom. The normalized spacial score (nSPS) is 45.5. The molecule has 3 atom stereocenters. The lowest BCUT2D eigenvalue weighted by Crippen LogP contribution is -2.18. The number of rotatable bonds is 0. The van der Waals surface area contributed by atoms with Gasteiger partial charge in [-0.25, -0.2) is 0 Å². The summed E-state index contributed by atoms with van der Waals surface area (Å²) in [5.41, 5.74) is 0. The van der Waals surface area contributed by atoms with Crippen LogP contribution in [-0.4, -0.2) is 11.2 Å². The van der Waals surface area contributed by atoms with E-state index in [2.05, 4.69) is 12.2 Å². The second-order valence-corrected chi connectivity index (χ2v) is 3.49. The standard InChI is InChI=1S/C9H14O/c10-9-6-5-7-3-1-2-4-8(7)9/h2,4,7-10H,1,3,5-6H2/t7-,8+,9+/m0/s1. The van der Waals surface area contributed by atoms with E-state index in [0.29, 0.717) is 5.92 Å². The molecular weight excluding hydrogens is 124 g/mol. The summed E-state index contributed by atoms with van der Waals surface area (Å²) < 4.78 is 0. The summed E-state index contributed by atoms with van der Waals surface area (Å²) in [6, 6.07) is 0. The van der Waals surface area contributed by atoms with E-state index < -0.39 is 0 Å². The lowest BCUT2D eigenvalue weighted by Gasteiger charge is -2.21. The smallest absolute Gasteiger partial charge is 0.0605 e. The van der Waals surface area contributed by atoms with Crippen LogP contribution in [0.1, 0.15) is 25.7 Å². The fourth-order valence-corrected chi connectivity index (χ4v) is 2.27. The van der Waals surface area contributed by atoms with Gasteiger partial charge in [-0.05, 0) is 31.6 Å². The first-order valence-electron chi connectivity index (χ1n) is 4.22. The summed E-state index contributed by atoms with van der Waals surface area (Å²) in [7, 11) is 0. The summed E-state index contributed by atoms with van der Waals surface area (Å²) in [6.07, 6.45) is 9.21. The molecule has 2 rings (SSSR count). The Balaban J connectivity index is 2.13. The van der Waals surface area contributed by atoms with Crippen molar-refractivity contribution in [3.63, 3.8) is 0 Å². The van der Waals surface area contributed by atoms with Crippen LogP contribution >= 0.6 is 0 Å². The van der Waals surface area contributed by atoms with Crippen LogP contribution in [0.2, 0.25) is 0 Å². The van der Waals surface area contributed by atoms with Gasteiger partial charge >= 0.3 is 0 Å². The maximum absolute atomic E-state index is 9.47. The van der Waals surface area contributed by atoms with E-state index in [0.717, 1.165) is 12.3 Å². The zero-order valence-corrected chi connectivity index (χ0v) is 6.16. The molecule has 2 aliphatic carbocycles. The summed E-state index contributed by atoms with van der Waals surface area (Å²) in [6.45, 7) is 0. The molecule has 1 saturated carbocycles. The molecule has 0 aromatic carbocycles. The van der Waals surface area contributed by atoms with Crippen molar-refractivity contribution in [2.24, 2.45) is 11.8 Å². The molecule has 0 bridgehead atoms. The van der Waals surface area contributed by atoms with Gasteiger partial charge in [0.05, 0.1) is 6.10 Å². The van der Waals surface area contributed by atoms with Crippen molar-refractivity contribution in [1.29, 1.82) is 0 Å². The monoisotopic (exact) mass is 138 g/mol. The highest BCUT2D eigenvalue weighted by Crippen LogP contribution is 2.38. The molecule has 1 nitrogen and oxygen atoms in total. The quantitative estimate of drug-likeness (QED) is 0.505. The summed E-state index contributed by atoms with van der Waals surface area (Å²) in [5.74, 6) is 1.31. The van der Waals surface area contributed by atoms with E-state index in [9.17, 15) is 5.11 Å². The van der Waals surface area contributed by atoms with E-state index in [1.54, 1.807) is 0 Å². The van der Waals surface area contributed by atoms with E-state index in [1.807, 2.05) is 0 Å². The predicted molar refractivity (Wildman–Crippen MR) is 40.6 cm³/mol. The Morgan fingerprint density at radius 3 is 2.90 bits per heavy atom. The Bertz CT molecular complexity index is 151. The molecule has 0 aliphatic heterocycles. The van der Waals surface area contributed by atoms with E-state index in [4.69, 9.17) is 0 Å². The molecule has 56 valence electrons. The molecule has 0 saturated heterocycles. The molecule has 0 radical (unpaired) electrons. The zero-order chi connectivity index (χ0) is 6.97. The fraction of sp³-hybridized carbons (Fsp3) is 0.778. The molecule has 0 aromatic rings. The molecular formula is C9H14O. The lowest BCUT2D eigenvalue weighted by atomic mass is 9.86. The van der Waals surface area contributed by atoms with E-state index in [1.165, 1.54) is 19.3 Å². The fourth-order valence-electron chi connectivity index (χ4n) is 2.27. The Hall–Kier alpha value is -0.300. The van der Waals surface area contributed by atoms with Gasteiger partial charge in [-0.3, -0.25) is 0 Å². The van der Waals surface area contributed by atoms with Crippen LogP contribution in [-0.2, 0) is 0 Å². The van der Waals surface area contributed by atoms with Crippen molar-refractivity contribution in [2.75, 3.05) is 0 Å². The highest BCUT2D eigenvalue weighted by molar-refractivity contribution is 5.03. The minimum absolute atomic E-state index is 0.0263. The van der Waals surface area contributed by atoms with Gasteiger partial charge < -0.3 is 5.11 Å². The Morgan fingerprint density at radius 2 is 2.10 bits per heavy atom. The zero-order valence-electron chi connectivity index (χ0n) is 6.16. The summed E-state index contributed by atoms with van der Waals surface area (Å²) in [4.78, 5) is 0. The van der Waals surface area contributed by atoms with Crippen molar-refractivity contribution in [2.45, 2.75) is 31.8 Å². The third-order valence-corrected chi connectivity index (χ3v) is 2.88. The van der Waals surface area contributed by atoms with Crippen molar-refractivity contribution >= 4 is 0 Å². The summed E-state index contributed by atoms with van der Waals surface area (Å²) >= 11 is 0. The Kier molecular flexibility index (Phi) is 1.53. The lowest BCUT2D eigenvalue weighted by molar-refractivity contribution is 0.138. The highest BCUT2D eigenvalue weighted by atomic mass is 16.3. The molecule has 10 heavy (non-hydrogen) atoms. The largest absolute Gasteiger partial charge is 0.393 e. The molecule has 0 aromatic heterocycles. The van der Waals surface area contributed by atoms with Gasteiger partial charge in [-0.15, -0.1) is 0 Å². The highest BCUT2D eigenvalue weighted by Gasteiger charge is 2.33. The molecule has 1 fully saturated rings. The molecule has 0 unspecified atom stereocenters. The van der Waals surface area contributed by atoms with Gasteiger partial charge in [0.1, 0.15) is 0 Å². The topological polar surface area (TPSA) is 20.2 Å². The molecule has 0 spiro atoms. The third-order valence-electron chi connectivity index (χ3n) is 2.88. The van der Waals surface area contributed by atoms with Crippen LogP contribution < -0.4 is 0 Å².